The molecule has 72 valence electrons. The number of hydrogen-bond donors (Lipinski definition) is 0. The fraction of sp³-hybridized carbons (Fsp3) is 1.00. The van der Waals surface area contributed by atoms with Crippen molar-refractivity contribution in [1.82, 2.24) is 0 Å². The Labute approximate surface area is 81.7 Å². The number of halogens is 1. The van der Waals surface area contributed by atoms with Crippen LogP contribution in [0.1, 0.15) is 46.5 Å². The van der Waals surface area contributed by atoms with E-state index in [0.717, 1.165) is 11.8 Å². The second-order valence-corrected chi connectivity index (χ2v) is 5.12. The first-order valence-corrected chi connectivity index (χ1v) is 5.70. The third kappa shape index (κ3) is 2.39. The fourth-order valence-electron chi connectivity index (χ4n) is 2.31. The van der Waals surface area contributed by atoms with Crippen molar-refractivity contribution in [1.29, 1.82) is 0 Å². The molecule has 3 unspecified atom stereocenters. The van der Waals surface area contributed by atoms with Gasteiger partial charge in [0, 0.05) is 5.38 Å². The smallest absolute Gasteiger partial charge is 0.0389 e. The molecule has 0 aromatic carbocycles. The lowest BCUT2D eigenvalue weighted by atomic mass is 9.76. The zero-order chi connectivity index (χ0) is 9.14. The second-order valence-electron chi connectivity index (χ2n) is 4.61. The van der Waals surface area contributed by atoms with E-state index in [9.17, 15) is 0 Å². The van der Waals surface area contributed by atoms with Crippen molar-refractivity contribution in [3.05, 3.63) is 0 Å². The maximum absolute atomic E-state index is 6.39. The van der Waals surface area contributed by atoms with Crippen molar-refractivity contribution in [3.63, 3.8) is 0 Å². The van der Waals surface area contributed by atoms with Crippen molar-refractivity contribution < 1.29 is 0 Å². The van der Waals surface area contributed by atoms with Gasteiger partial charge in [0.15, 0.2) is 0 Å². The van der Waals surface area contributed by atoms with E-state index in [1.165, 1.54) is 25.7 Å². The lowest BCUT2D eigenvalue weighted by Gasteiger charge is -2.34. The first-order valence-electron chi connectivity index (χ1n) is 5.27. The predicted octanol–water partition coefficient (Wildman–Crippen LogP) is 4.08. The molecular formula is C11H21Cl. The van der Waals surface area contributed by atoms with Crippen LogP contribution >= 0.6 is 11.6 Å². The average Bonchev–Trinajstić information content (AvgIpc) is 2.04. The first-order chi connectivity index (χ1) is 5.63. The summed E-state index contributed by atoms with van der Waals surface area (Å²) in [7, 11) is 0. The van der Waals surface area contributed by atoms with Gasteiger partial charge in [-0.15, -0.1) is 11.6 Å². The summed E-state index contributed by atoms with van der Waals surface area (Å²) in [5.41, 5.74) is 0. The van der Waals surface area contributed by atoms with Gasteiger partial charge in [0.2, 0.25) is 0 Å². The SMILES string of the molecule is CC(C)C(Cl)C1CCCCC1C. The highest BCUT2D eigenvalue weighted by atomic mass is 35.5. The summed E-state index contributed by atoms with van der Waals surface area (Å²) < 4.78 is 0. The van der Waals surface area contributed by atoms with E-state index in [1.807, 2.05) is 0 Å². The molecule has 0 saturated heterocycles. The van der Waals surface area contributed by atoms with Gasteiger partial charge in [-0.3, -0.25) is 0 Å². The van der Waals surface area contributed by atoms with Gasteiger partial charge in [0.1, 0.15) is 0 Å². The highest BCUT2D eigenvalue weighted by Crippen LogP contribution is 2.36. The van der Waals surface area contributed by atoms with Gasteiger partial charge in [-0.05, 0) is 24.2 Å². The highest BCUT2D eigenvalue weighted by molar-refractivity contribution is 6.21. The van der Waals surface area contributed by atoms with Gasteiger partial charge >= 0.3 is 0 Å². The fourth-order valence-corrected chi connectivity index (χ4v) is 2.69. The molecule has 0 spiro atoms. The van der Waals surface area contributed by atoms with E-state index in [0.29, 0.717) is 11.3 Å². The van der Waals surface area contributed by atoms with Crippen LogP contribution in [0.15, 0.2) is 0 Å². The molecular weight excluding hydrogens is 168 g/mol. The Morgan fingerprint density at radius 1 is 1.17 bits per heavy atom. The van der Waals surface area contributed by atoms with Crippen LogP contribution in [-0.2, 0) is 0 Å². The minimum Gasteiger partial charge on any atom is -0.122 e. The third-order valence-corrected chi connectivity index (χ3v) is 4.05. The molecule has 1 heteroatoms. The molecule has 0 N–H and O–H groups in total. The lowest BCUT2D eigenvalue weighted by Crippen LogP contribution is -2.29. The van der Waals surface area contributed by atoms with E-state index in [-0.39, 0.29) is 0 Å². The molecule has 1 aliphatic carbocycles. The van der Waals surface area contributed by atoms with E-state index in [4.69, 9.17) is 11.6 Å². The quantitative estimate of drug-likeness (QED) is 0.573. The Bertz CT molecular complexity index is 131. The van der Waals surface area contributed by atoms with Crippen LogP contribution in [0.2, 0.25) is 0 Å². The summed E-state index contributed by atoms with van der Waals surface area (Å²) in [5, 5.41) is 0.403. The summed E-state index contributed by atoms with van der Waals surface area (Å²) in [5.74, 6) is 2.27. The minimum atomic E-state index is 0.403. The maximum atomic E-state index is 6.39. The zero-order valence-corrected chi connectivity index (χ0v) is 9.27. The van der Waals surface area contributed by atoms with Gasteiger partial charge in [0.05, 0.1) is 0 Å². The molecule has 1 saturated carbocycles. The standard InChI is InChI=1S/C11H21Cl/c1-8(2)11(12)10-7-5-4-6-9(10)3/h8-11H,4-7H2,1-3H3. The van der Waals surface area contributed by atoms with E-state index < -0.39 is 0 Å². The Balaban J connectivity index is 2.47. The van der Waals surface area contributed by atoms with Gasteiger partial charge in [-0.1, -0.05) is 40.0 Å². The van der Waals surface area contributed by atoms with Crippen LogP contribution < -0.4 is 0 Å². The van der Waals surface area contributed by atoms with Crippen molar-refractivity contribution in [2.24, 2.45) is 17.8 Å². The molecule has 1 rings (SSSR count). The molecule has 1 aliphatic rings. The van der Waals surface area contributed by atoms with Crippen molar-refractivity contribution >= 4 is 11.6 Å². The molecule has 0 bridgehead atoms. The van der Waals surface area contributed by atoms with Gasteiger partial charge in [-0.2, -0.15) is 0 Å². The molecule has 0 amide bonds. The molecule has 0 heterocycles. The zero-order valence-electron chi connectivity index (χ0n) is 8.52. The van der Waals surface area contributed by atoms with Crippen molar-refractivity contribution in [2.45, 2.75) is 51.8 Å². The topological polar surface area (TPSA) is 0 Å². The van der Waals surface area contributed by atoms with Crippen LogP contribution in [0.3, 0.4) is 0 Å². The van der Waals surface area contributed by atoms with Crippen LogP contribution in [0.25, 0.3) is 0 Å². The average molecular weight is 189 g/mol. The van der Waals surface area contributed by atoms with E-state index >= 15 is 0 Å². The molecule has 0 aromatic rings. The molecule has 12 heavy (non-hydrogen) atoms. The monoisotopic (exact) mass is 188 g/mol. The summed E-state index contributed by atoms with van der Waals surface area (Å²) >= 11 is 6.39. The normalized spacial score (nSPS) is 33.8. The Morgan fingerprint density at radius 2 is 1.75 bits per heavy atom. The van der Waals surface area contributed by atoms with E-state index in [2.05, 4.69) is 20.8 Å². The lowest BCUT2D eigenvalue weighted by molar-refractivity contribution is 0.225. The molecule has 0 radical (unpaired) electrons. The summed E-state index contributed by atoms with van der Waals surface area (Å²) in [6.45, 7) is 6.83. The van der Waals surface area contributed by atoms with E-state index in [1.54, 1.807) is 0 Å². The number of rotatable bonds is 2. The molecule has 0 nitrogen and oxygen atoms in total. The summed E-state index contributed by atoms with van der Waals surface area (Å²) in [6, 6.07) is 0. The van der Waals surface area contributed by atoms with Crippen LogP contribution in [0.5, 0.6) is 0 Å². The molecule has 0 aliphatic heterocycles. The predicted molar refractivity (Wildman–Crippen MR) is 55.6 cm³/mol. The van der Waals surface area contributed by atoms with Gasteiger partial charge in [-0.25, -0.2) is 0 Å². The molecule has 3 atom stereocenters. The number of hydrogen-bond acceptors (Lipinski definition) is 0. The first kappa shape index (κ1) is 10.4. The molecule has 1 fully saturated rings. The Hall–Kier alpha value is 0.290. The molecule has 0 aromatic heterocycles. The van der Waals surface area contributed by atoms with Crippen LogP contribution in [0, 0.1) is 17.8 Å². The number of alkyl halides is 1. The highest BCUT2D eigenvalue weighted by Gasteiger charge is 2.29. The Morgan fingerprint density at radius 3 is 2.25 bits per heavy atom. The van der Waals surface area contributed by atoms with Crippen molar-refractivity contribution in [2.75, 3.05) is 0 Å². The van der Waals surface area contributed by atoms with Gasteiger partial charge < -0.3 is 0 Å². The van der Waals surface area contributed by atoms with Crippen molar-refractivity contribution in [3.8, 4) is 0 Å². The largest absolute Gasteiger partial charge is 0.122 e. The van der Waals surface area contributed by atoms with Crippen LogP contribution in [-0.4, -0.2) is 5.38 Å². The summed E-state index contributed by atoms with van der Waals surface area (Å²) in [4.78, 5) is 0. The maximum Gasteiger partial charge on any atom is 0.0389 e. The second kappa shape index (κ2) is 4.50. The van der Waals surface area contributed by atoms with Crippen LogP contribution in [0.4, 0.5) is 0 Å². The third-order valence-electron chi connectivity index (χ3n) is 3.22. The summed E-state index contributed by atoms with van der Waals surface area (Å²) in [6.07, 6.45) is 5.55. The van der Waals surface area contributed by atoms with Gasteiger partial charge in [0.25, 0.3) is 0 Å². The Kier molecular flexibility index (Phi) is 3.89. The minimum absolute atomic E-state index is 0.403.